The van der Waals surface area contributed by atoms with Crippen molar-refractivity contribution in [2.75, 3.05) is 23.7 Å². The van der Waals surface area contributed by atoms with Gasteiger partial charge in [0, 0.05) is 59.6 Å². The third-order valence-electron chi connectivity index (χ3n) is 10.3. The molecule has 2 aliphatic rings. The number of hydrogen-bond acceptors (Lipinski definition) is 8. The first-order chi connectivity index (χ1) is 26.6. The maximum absolute atomic E-state index is 13.4. The molecule has 0 aliphatic carbocycles. The van der Waals surface area contributed by atoms with Crippen LogP contribution in [0.15, 0.2) is 108 Å². The molecule has 2 aliphatic heterocycles. The molecule has 0 spiro atoms. The van der Waals surface area contributed by atoms with Crippen molar-refractivity contribution in [1.82, 2.24) is 14.8 Å². The van der Waals surface area contributed by atoms with Crippen LogP contribution >= 0.6 is 0 Å². The number of likely N-dealkylation sites (tertiary alicyclic amines) is 2. The van der Waals surface area contributed by atoms with Crippen LogP contribution in [-0.4, -0.2) is 86.0 Å². The van der Waals surface area contributed by atoms with E-state index < -0.39 is 24.3 Å². The summed E-state index contributed by atoms with van der Waals surface area (Å²) in [5.74, 6) is -0.438. The summed E-state index contributed by atoms with van der Waals surface area (Å²) in [6, 6.07) is 27.0. The van der Waals surface area contributed by atoms with E-state index in [2.05, 4.69) is 15.6 Å². The number of anilines is 2. The number of oxazole rings is 1. The molecule has 0 bridgehead atoms. The number of aromatic nitrogens is 1. The molecule has 4 atom stereocenters. The van der Waals surface area contributed by atoms with Gasteiger partial charge in [-0.25, -0.2) is 4.98 Å². The van der Waals surface area contributed by atoms with E-state index >= 15 is 0 Å². The highest BCUT2D eigenvalue weighted by Gasteiger charge is 2.41. The predicted octanol–water partition coefficient (Wildman–Crippen LogP) is 5.56. The minimum atomic E-state index is -0.815. The lowest BCUT2D eigenvalue weighted by atomic mass is 10.0. The standard InChI is InChI=1S/C43H43N5O7/c1-3-26-9-5-7-11-34(26)42(53)47-24-32(49)21-36(47)39(51)45-30-17-13-28(14-18-30)38-23-44-41(55-38)29-15-19-31(20-16-29)46-40(52)37-22-33(50)25-48(37)43(54)35-12-8-6-10-27(35)4-2/h5-20,23,32-33,36-37,49-50H,3-4,21-22,24-25H2,1-2H3,(H,45,51)(H,46,52)/t32-,33-,36+,37+/m1/s1. The summed E-state index contributed by atoms with van der Waals surface area (Å²) >= 11 is 0. The Morgan fingerprint density at radius 2 is 1.09 bits per heavy atom. The van der Waals surface area contributed by atoms with Gasteiger partial charge in [0.1, 0.15) is 12.1 Å². The molecule has 2 saturated heterocycles. The van der Waals surface area contributed by atoms with Crippen LogP contribution in [-0.2, 0) is 22.4 Å². The molecule has 4 amide bonds. The number of β-amino-alcohol motifs (C(OH)–C–C–N with tert-alkyl or cyclic N) is 2. The normalized spacial score (nSPS) is 19.3. The van der Waals surface area contributed by atoms with E-state index in [1.807, 2.05) is 38.1 Å². The van der Waals surface area contributed by atoms with Gasteiger partial charge in [-0.15, -0.1) is 0 Å². The van der Waals surface area contributed by atoms with Gasteiger partial charge >= 0.3 is 0 Å². The maximum Gasteiger partial charge on any atom is 0.254 e. The molecule has 7 rings (SSSR count). The zero-order chi connectivity index (χ0) is 38.6. The summed E-state index contributed by atoms with van der Waals surface area (Å²) in [6.45, 7) is 4.11. The van der Waals surface area contributed by atoms with Gasteiger partial charge in [0.2, 0.25) is 17.7 Å². The first-order valence-corrected chi connectivity index (χ1v) is 18.6. The molecule has 3 heterocycles. The molecule has 4 aromatic carbocycles. The second-order valence-corrected chi connectivity index (χ2v) is 13.9. The Labute approximate surface area is 318 Å². The van der Waals surface area contributed by atoms with Gasteiger partial charge in [0.15, 0.2) is 5.76 Å². The van der Waals surface area contributed by atoms with E-state index in [1.165, 1.54) is 9.80 Å². The zero-order valence-electron chi connectivity index (χ0n) is 30.6. The number of hydrogen-bond donors (Lipinski definition) is 4. The van der Waals surface area contributed by atoms with E-state index in [4.69, 9.17) is 4.42 Å². The van der Waals surface area contributed by atoms with Crippen LogP contribution in [0.25, 0.3) is 22.8 Å². The molecular formula is C43H43N5O7. The molecule has 282 valence electrons. The van der Waals surface area contributed by atoms with Gasteiger partial charge in [-0.1, -0.05) is 50.2 Å². The Balaban J connectivity index is 0.969. The molecule has 55 heavy (non-hydrogen) atoms. The number of carbonyl (C=O) groups is 4. The van der Waals surface area contributed by atoms with Gasteiger partial charge in [0.25, 0.3) is 11.8 Å². The Morgan fingerprint density at radius 1 is 0.655 bits per heavy atom. The molecule has 1 aromatic heterocycles. The minimum Gasteiger partial charge on any atom is -0.436 e. The Kier molecular flexibility index (Phi) is 10.9. The van der Waals surface area contributed by atoms with Crippen molar-refractivity contribution in [3.8, 4) is 22.8 Å². The van der Waals surface area contributed by atoms with Crippen LogP contribution in [0.5, 0.6) is 0 Å². The summed E-state index contributed by atoms with van der Waals surface area (Å²) in [7, 11) is 0. The Bertz CT molecular complexity index is 2050. The van der Waals surface area contributed by atoms with Crippen molar-refractivity contribution in [2.45, 2.75) is 63.8 Å². The SMILES string of the molecule is CCc1ccccc1C(=O)N1C[C@H](O)C[C@H]1C(=O)Nc1ccc(-c2cnc(-c3ccc(NC(=O)[C@@H]4C[C@@H](O)CN4C(=O)c4ccccc4CC)cc3)o2)cc1. The summed E-state index contributed by atoms with van der Waals surface area (Å²) in [4.78, 5) is 60.9. The number of aryl methyl sites for hydroxylation is 2. The van der Waals surface area contributed by atoms with E-state index in [0.717, 1.165) is 16.7 Å². The van der Waals surface area contributed by atoms with Crippen LogP contribution in [0.2, 0.25) is 0 Å². The number of aliphatic hydroxyl groups is 2. The third kappa shape index (κ3) is 7.91. The molecule has 0 saturated carbocycles. The summed E-state index contributed by atoms with van der Waals surface area (Å²) in [6.07, 6.45) is 1.65. The second-order valence-electron chi connectivity index (χ2n) is 13.9. The van der Waals surface area contributed by atoms with Crippen LogP contribution in [0, 0.1) is 0 Å². The van der Waals surface area contributed by atoms with Gasteiger partial charge in [0.05, 0.1) is 18.4 Å². The van der Waals surface area contributed by atoms with Crippen LogP contribution < -0.4 is 10.6 Å². The summed E-state index contributed by atoms with van der Waals surface area (Å²) < 4.78 is 6.06. The average Bonchev–Trinajstić information content (AvgIpc) is 3.96. The molecule has 12 heteroatoms. The number of amides is 4. The minimum absolute atomic E-state index is 0.0825. The monoisotopic (exact) mass is 741 g/mol. The van der Waals surface area contributed by atoms with Crippen molar-refractivity contribution in [1.29, 1.82) is 0 Å². The summed E-state index contributed by atoms with van der Waals surface area (Å²) in [5.41, 5.74) is 5.29. The molecular weight excluding hydrogens is 699 g/mol. The van der Waals surface area contributed by atoms with Gasteiger partial charge in [-0.3, -0.25) is 19.2 Å². The van der Waals surface area contributed by atoms with Gasteiger partial charge in [-0.2, -0.15) is 0 Å². The van der Waals surface area contributed by atoms with E-state index in [-0.39, 0.29) is 49.6 Å². The molecule has 4 N–H and O–H groups in total. The number of carbonyl (C=O) groups excluding carboxylic acids is 4. The van der Waals surface area contributed by atoms with Crippen LogP contribution in [0.3, 0.4) is 0 Å². The number of nitrogens with one attached hydrogen (secondary N) is 2. The highest BCUT2D eigenvalue weighted by molar-refractivity contribution is 6.03. The maximum atomic E-state index is 13.4. The average molecular weight is 742 g/mol. The van der Waals surface area contributed by atoms with E-state index in [9.17, 15) is 29.4 Å². The van der Waals surface area contributed by atoms with Crippen LogP contribution in [0.4, 0.5) is 11.4 Å². The number of benzene rings is 4. The third-order valence-corrected chi connectivity index (χ3v) is 10.3. The van der Waals surface area contributed by atoms with E-state index in [0.29, 0.717) is 52.6 Å². The van der Waals surface area contributed by atoms with Crippen molar-refractivity contribution in [3.63, 3.8) is 0 Å². The number of nitrogens with zero attached hydrogens (tertiary/aromatic N) is 3. The second kappa shape index (κ2) is 16.1. The fourth-order valence-corrected chi connectivity index (χ4v) is 7.36. The highest BCUT2D eigenvalue weighted by atomic mass is 16.4. The van der Waals surface area contributed by atoms with Crippen molar-refractivity contribution in [3.05, 3.63) is 126 Å². The van der Waals surface area contributed by atoms with Crippen LogP contribution in [0.1, 0.15) is 58.5 Å². The van der Waals surface area contributed by atoms with E-state index in [1.54, 1.807) is 79.0 Å². The molecule has 0 unspecified atom stereocenters. The molecule has 5 aromatic rings. The van der Waals surface area contributed by atoms with Crippen molar-refractivity contribution < 1.29 is 33.8 Å². The fraction of sp³-hybridized carbons (Fsp3) is 0.279. The fourth-order valence-electron chi connectivity index (χ4n) is 7.36. The summed E-state index contributed by atoms with van der Waals surface area (Å²) in [5, 5.41) is 26.6. The Morgan fingerprint density at radius 3 is 1.55 bits per heavy atom. The molecule has 2 fully saturated rings. The topological polar surface area (TPSA) is 165 Å². The number of aliphatic hydroxyl groups excluding tert-OH is 2. The van der Waals surface area contributed by atoms with Crippen molar-refractivity contribution >= 4 is 35.0 Å². The smallest absolute Gasteiger partial charge is 0.254 e. The lowest BCUT2D eigenvalue weighted by molar-refractivity contribution is -0.120. The zero-order valence-corrected chi connectivity index (χ0v) is 30.6. The first-order valence-electron chi connectivity index (χ1n) is 18.6. The van der Waals surface area contributed by atoms with Gasteiger partial charge in [-0.05, 0) is 84.6 Å². The number of rotatable bonds is 10. The molecule has 0 radical (unpaired) electrons. The predicted molar refractivity (Wildman–Crippen MR) is 207 cm³/mol. The lowest BCUT2D eigenvalue weighted by Gasteiger charge is -2.24. The Hall–Kier alpha value is -6.11. The van der Waals surface area contributed by atoms with Crippen molar-refractivity contribution in [2.24, 2.45) is 0 Å². The highest BCUT2D eigenvalue weighted by Crippen LogP contribution is 2.30. The van der Waals surface area contributed by atoms with Gasteiger partial charge < -0.3 is 35.1 Å². The molecule has 12 nitrogen and oxygen atoms in total. The largest absolute Gasteiger partial charge is 0.436 e. The quantitative estimate of drug-likeness (QED) is 0.145. The lowest BCUT2D eigenvalue weighted by Crippen LogP contribution is -2.43. The first kappa shape index (κ1) is 37.2.